The van der Waals surface area contributed by atoms with Gasteiger partial charge in [-0.25, -0.2) is 0 Å². The van der Waals surface area contributed by atoms with Gasteiger partial charge in [-0.2, -0.15) is 11.8 Å². The Labute approximate surface area is 98.0 Å². The van der Waals surface area contributed by atoms with Gasteiger partial charge in [0, 0.05) is 10.3 Å². The number of hydrogen-bond donors (Lipinski definition) is 2. The first-order valence-electron chi connectivity index (χ1n) is 5.91. The minimum Gasteiger partial charge on any atom is -0.394 e. The Morgan fingerprint density at radius 3 is 2.67 bits per heavy atom. The molecular formula is C12H25NOS. The summed E-state index contributed by atoms with van der Waals surface area (Å²) in [6, 6.07) is 0. The van der Waals surface area contributed by atoms with Crippen molar-refractivity contribution in [2.45, 2.75) is 56.7 Å². The van der Waals surface area contributed by atoms with Gasteiger partial charge in [0.25, 0.3) is 0 Å². The first-order chi connectivity index (χ1) is 6.87. The Hall–Kier alpha value is 0.270. The zero-order chi connectivity index (χ0) is 11.5. The number of thioether (sulfide) groups is 1. The van der Waals surface area contributed by atoms with Gasteiger partial charge in [-0.15, -0.1) is 0 Å². The van der Waals surface area contributed by atoms with Crippen LogP contribution in [0.2, 0.25) is 0 Å². The molecule has 1 aliphatic carbocycles. The Kier molecular flexibility index (Phi) is 4.50. The van der Waals surface area contributed by atoms with Crippen molar-refractivity contribution in [2.24, 2.45) is 11.7 Å². The first kappa shape index (κ1) is 13.3. The minimum atomic E-state index is -0.279. The first-order valence-corrected chi connectivity index (χ1v) is 6.90. The van der Waals surface area contributed by atoms with Crippen LogP contribution < -0.4 is 5.73 Å². The highest BCUT2D eigenvalue weighted by Crippen LogP contribution is 2.37. The van der Waals surface area contributed by atoms with Crippen LogP contribution >= 0.6 is 11.8 Å². The molecular weight excluding hydrogens is 206 g/mol. The van der Waals surface area contributed by atoms with E-state index in [0.717, 1.165) is 18.6 Å². The molecule has 15 heavy (non-hydrogen) atoms. The van der Waals surface area contributed by atoms with Crippen molar-refractivity contribution in [3.05, 3.63) is 0 Å². The Morgan fingerprint density at radius 2 is 2.13 bits per heavy atom. The van der Waals surface area contributed by atoms with E-state index in [1.807, 2.05) is 11.8 Å². The van der Waals surface area contributed by atoms with E-state index in [4.69, 9.17) is 5.73 Å². The molecule has 0 spiro atoms. The summed E-state index contributed by atoms with van der Waals surface area (Å²) in [5, 5.41) is 9.32. The Morgan fingerprint density at radius 1 is 1.47 bits per heavy atom. The van der Waals surface area contributed by atoms with Crippen molar-refractivity contribution in [1.82, 2.24) is 0 Å². The van der Waals surface area contributed by atoms with Crippen LogP contribution in [0.25, 0.3) is 0 Å². The molecule has 2 unspecified atom stereocenters. The van der Waals surface area contributed by atoms with Crippen LogP contribution in [-0.4, -0.2) is 27.8 Å². The van der Waals surface area contributed by atoms with Crippen molar-refractivity contribution in [3.63, 3.8) is 0 Å². The lowest BCUT2D eigenvalue weighted by molar-refractivity contribution is 0.158. The fraction of sp³-hybridized carbons (Fsp3) is 1.00. The quantitative estimate of drug-likeness (QED) is 0.781. The average Bonchev–Trinajstić information content (AvgIpc) is 2.47. The van der Waals surface area contributed by atoms with E-state index in [2.05, 4.69) is 20.8 Å². The van der Waals surface area contributed by atoms with E-state index in [1.165, 1.54) is 12.8 Å². The van der Waals surface area contributed by atoms with Crippen molar-refractivity contribution in [3.8, 4) is 0 Å². The lowest BCUT2D eigenvalue weighted by Crippen LogP contribution is -2.47. The number of rotatable bonds is 4. The van der Waals surface area contributed by atoms with Gasteiger partial charge in [0.2, 0.25) is 0 Å². The van der Waals surface area contributed by atoms with Crippen LogP contribution in [0.1, 0.15) is 46.5 Å². The Balaban J connectivity index is 2.32. The maximum Gasteiger partial charge on any atom is 0.0613 e. The van der Waals surface area contributed by atoms with Gasteiger partial charge < -0.3 is 10.8 Å². The van der Waals surface area contributed by atoms with Crippen LogP contribution in [0.3, 0.4) is 0 Å². The second-order valence-electron chi connectivity index (χ2n) is 5.73. The second kappa shape index (κ2) is 5.07. The molecule has 3 N–H and O–H groups in total. The summed E-state index contributed by atoms with van der Waals surface area (Å²) in [4.78, 5) is 0. The fourth-order valence-corrected chi connectivity index (χ4v) is 3.33. The van der Waals surface area contributed by atoms with Gasteiger partial charge in [-0.1, -0.05) is 27.2 Å². The minimum absolute atomic E-state index is 0.151. The summed E-state index contributed by atoms with van der Waals surface area (Å²) in [5.74, 6) is 1.69. The fourth-order valence-electron chi connectivity index (χ4n) is 2.32. The number of hydrogen-bond acceptors (Lipinski definition) is 3. The molecule has 0 aromatic carbocycles. The standard InChI is InChI=1S/C12H25NOS/c1-11(2,3)15-8-6-10-5-4-7-12(10,13)9-14/h10,14H,4-9,13H2,1-3H3. The predicted molar refractivity (Wildman–Crippen MR) is 68.2 cm³/mol. The molecule has 0 heterocycles. The molecule has 1 saturated carbocycles. The lowest BCUT2D eigenvalue weighted by atomic mass is 9.87. The highest BCUT2D eigenvalue weighted by Gasteiger charge is 2.38. The zero-order valence-electron chi connectivity index (χ0n) is 10.3. The predicted octanol–water partition coefficient (Wildman–Crippen LogP) is 2.40. The van der Waals surface area contributed by atoms with Gasteiger partial charge in [0.05, 0.1) is 6.61 Å². The lowest BCUT2D eigenvalue weighted by Gasteiger charge is -2.30. The van der Waals surface area contributed by atoms with Gasteiger partial charge in [-0.3, -0.25) is 0 Å². The van der Waals surface area contributed by atoms with Crippen LogP contribution in [0, 0.1) is 5.92 Å². The molecule has 1 rings (SSSR count). The highest BCUT2D eigenvalue weighted by atomic mass is 32.2. The number of aliphatic hydroxyl groups excluding tert-OH is 1. The molecule has 90 valence electrons. The summed E-state index contributed by atoms with van der Waals surface area (Å²) in [6.45, 7) is 6.88. The highest BCUT2D eigenvalue weighted by molar-refractivity contribution is 8.00. The third kappa shape index (κ3) is 3.97. The maximum atomic E-state index is 9.32. The van der Waals surface area contributed by atoms with E-state index < -0.39 is 0 Å². The number of aliphatic hydroxyl groups is 1. The Bertz CT molecular complexity index is 202. The molecule has 2 nitrogen and oxygen atoms in total. The molecule has 0 bridgehead atoms. The van der Waals surface area contributed by atoms with Gasteiger partial charge in [-0.05, 0) is 30.9 Å². The molecule has 0 amide bonds. The van der Waals surface area contributed by atoms with Crippen molar-refractivity contribution in [1.29, 1.82) is 0 Å². The van der Waals surface area contributed by atoms with Crippen LogP contribution in [0.5, 0.6) is 0 Å². The summed E-state index contributed by atoms with van der Waals surface area (Å²) in [5.41, 5.74) is 5.91. The molecule has 0 saturated heterocycles. The van der Waals surface area contributed by atoms with E-state index in [1.54, 1.807) is 0 Å². The van der Waals surface area contributed by atoms with Crippen molar-refractivity contribution >= 4 is 11.8 Å². The molecule has 1 aliphatic rings. The topological polar surface area (TPSA) is 46.2 Å². The van der Waals surface area contributed by atoms with E-state index in [9.17, 15) is 5.11 Å². The molecule has 0 radical (unpaired) electrons. The molecule has 2 atom stereocenters. The van der Waals surface area contributed by atoms with Crippen molar-refractivity contribution < 1.29 is 5.11 Å². The van der Waals surface area contributed by atoms with Crippen LogP contribution in [0.15, 0.2) is 0 Å². The summed E-state index contributed by atoms with van der Waals surface area (Å²) in [6.07, 6.45) is 4.52. The maximum absolute atomic E-state index is 9.32. The van der Waals surface area contributed by atoms with E-state index >= 15 is 0 Å². The average molecular weight is 231 g/mol. The molecule has 1 fully saturated rings. The molecule has 0 aliphatic heterocycles. The number of nitrogens with two attached hydrogens (primary N) is 1. The monoisotopic (exact) mass is 231 g/mol. The largest absolute Gasteiger partial charge is 0.394 e. The van der Waals surface area contributed by atoms with Crippen LogP contribution in [-0.2, 0) is 0 Å². The third-order valence-corrected chi connectivity index (χ3v) is 4.61. The summed E-state index contributed by atoms with van der Waals surface area (Å²) < 4.78 is 0.342. The third-order valence-electron chi connectivity index (χ3n) is 3.30. The SMILES string of the molecule is CC(C)(C)SCCC1CCCC1(N)CO. The van der Waals surface area contributed by atoms with E-state index in [0.29, 0.717) is 10.7 Å². The summed E-state index contributed by atoms with van der Waals surface area (Å²) >= 11 is 1.99. The summed E-state index contributed by atoms with van der Waals surface area (Å²) in [7, 11) is 0. The molecule has 3 heteroatoms. The van der Waals surface area contributed by atoms with E-state index in [-0.39, 0.29) is 12.1 Å². The molecule has 0 aromatic rings. The smallest absolute Gasteiger partial charge is 0.0613 e. The second-order valence-corrected chi connectivity index (χ2v) is 7.65. The zero-order valence-corrected chi connectivity index (χ0v) is 11.1. The van der Waals surface area contributed by atoms with Gasteiger partial charge in [0.15, 0.2) is 0 Å². The van der Waals surface area contributed by atoms with Crippen molar-refractivity contribution in [2.75, 3.05) is 12.4 Å². The normalized spacial score (nSPS) is 32.2. The van der Waals surface area contributed by atoms with Gasteiger partial charge in [0.1, 0.15) is 0 Å². The van der Waals surface area contributed by atoms with Crippen LogP contribution in [0.4, 0.5) is 0 Å². The van der Waals surface area contributed by atoms with Gasteiger partial charge >= 0.3 is 0 Å². The molecule has 0 aromatic heterocycles.